The fourth-order valence-corrected chi connectivity index (χ4v) is 3.01. The Morgan fingerprint density at radius 3 is 1.84 bits per heavy atom. The average molecular weight is 580 g/mol. The third-order valence-corrected chi connectivity index (χ3v) is 4.45. The molecule has 2 aromatic heterocycles. The summed E-state index contributed by atoms with van der Waals surface area (Å²) in [7, 11) is 0. The first kappa shape index (κ1) is 22.3. The Morgan fingerprint density at radius 1 is 0.548 bits per heavy atom. The molecule has 0 saturated heterocycles. The van der Waals surface area contributed by atoms with Crippen LogP contribution in [0.3, 0.4) is 0 Å². The van der Waals surface area contributed by atoms with Crippen LogP contribution in [0.1, 0.15) is 0 Å². The first-order valence-electron chi connectivity index (χ1n) is 9.77. The Hall–Kier alpha value is -3.35. The Morgan fingerprint density at radius 2 is 1.23 bits per heavy atom. The molecular weight excluding hydrogens is 559 g/mol. The molecule has 0 aliphatic rings. The molecule has 5 aromatic rings. The van der Waals surface area contributed by atoms with E-state index in [-0.39, 0.29) is 21.1 Å². The van der Waals surface area contributed by atoms with Crippen molar-refractivity contribution in [2.75, 3.05) is 0 Å². The van der Waals surface area contributed by atoms with Crippen molar-refractivity contribution in [1.29, 1.82) is 0 Å². The zero-order valence-electron chi connectivity index (χ0n) is 16.8. The molecule has 31 heavy (non-hydrogen) atoms. The fourth-order valence-electron chi connectivity index (χ4n) is 3.01. The van der Waals surface area contributed by atoms with E-state index in [2.05, 4.69) is 41.4 Å². The number of benzene rings is 3. The number of nitrogens with zero attached hydrogens (tertiary/aromatic N) is 2. The Bertz CT molecular complexity index is 997. The van der Waals surface area contributed by atoms with Crippen LogP contribution in [-0.4, -0.2) is 9.97 Å². The van der Waals surface area contributed by atoms with Gasteiger partial charge in [0.05, 0.1) is 11.4 Å². The van der Waals surface area contributed by atoms with Crippen molar-refractivity contribution in [3.05, 3.63) is 134 Å². The van der Waals surface area contributed by atoms with Gasteiger partial charge in [-0.1, -0.05) is 42.5 Å². The maximum atomic E-state index is 4.81. The molecule has 0 unspecified atom stereocenters. The summed E-state index contributed by atoms with van der Waals surface area (Å²) in [5.74, 6) is 0. The van der Waals surface area contributed by atoms with E-state index in [9.17, 15) is 0 Å². The number of aromatic nitrogens is 2. The summed E-state index contributed by atoms with van der Waals surface area (Å²) in [5, 5.41) is 0. The first-order valence-corrected chi connectivity index (χ1v) is 9.77. The molecule has 2 heterocycles. The third-order valence-electron chi connectivity index (χ3n) is 4.45. The molecule has 2 nitrogen and oxygen atoms in total. The van der Waals surface area contributed by atoms with Crippen LogP contribution in [0.4, 0.5) is 0 Å². The van der Waals surface area contributed by atoms with Gasteiger partial charge in [-0.15, -0.1) is 35.9 Å². The van der Waals surface area contributed by atoms with Gasteiger partial charge in [0.2, 0.25) is 0 Å². The van der Waals surface area contributed by atoms with E-state index in [0.717, 1.165) is 33.8 Å². The van der Waals surface area contributed by atoms with Crippen LogP contribution in [-0.2, 0) is 21.1 Å². The summed E-state index contributed by atoms with van der Waals surface area (Å²) >= 11 is 0. The maximum Gasteiger partial charge on any atom is 2.00 e. The predicted octanol–water partition coefficient (Wildman–Crippen LogP) is 6.76. The summed E-state index contributed by atoms with van der Waals surface area (Å²) in [5.41, 5.74) is 5.90. The minimum atomic E-state index is 0. The van der Waals surface area contributed by atoms with Crippen molar-refractivity contribution in [3.8, 4) is 33.8 Å². The quantitative estimate of drug-likeness (QED) is 0.221. The van der Waals surface area contributed by atoms with Crippen molar-refractivity contribution >= 4 is 0 Å². The summed E-state index contributed by atoms with van der Waals surface area (Å²) in [6.45, 7) is 0. The molecule has 0 radical (unpaired) electrons. The number of pyridine rings is 2. The van der Waals surface area contributed by atoms with E-state index >= 15 is 0 Å². The summed E-state index contributed by atoms with van der Waals surface area (Å²) < 4.78 is 0. The second-order valence-corrected chi connectivity index (χ2v) is 6.56. The van der Waals surface area contributed by atoms with Crippen LogP contribution in [0.2, 0.25) is 0 Å². The predicted molar refractivity (Wildman–Crippen MR) is 122 cm³/mol. The molecule has 3 aromatic carbocycles. The molecular formula is C28H20N2Pt. The van der Waals surface area contributed by atoms with Crippen LogP contribution in [0.25, 0.3) is 33.8 Å². The molecule has 3 heteroatoms. The maximum absolute atomic E-state index is 4.81. The molecule has 0 atom stereocenters. The Balaban J connectivity index is 0.000000338. The van der Waals surface area contributed by atoms with E-state index in [1.54, 1.807) is 6.20 Å². The number of hydrogen-bond acceptors (Lipinski definition) is 2. The van der Waals surface area contributed by atoms with E-state index in [1.807, 2.05) is 91.0 Å². The monoisotopic (exact) mass is 579 g/mol. The minimum Gasteiger partial charge on any atom is -0.295 e. The minimum absolute atomic E-state index is 0. The fraction of sp³-hybridized carbons (Fsp3) is 0. The number of rotatable bonds is 3. The van der Waals surface area contributed by atoms with Crippen LogP contribution < -0.4 is 0 Å². The largest absolute Gasteiger partial charge is 2.00 e. The Kier molecular flexibility index (Phi) is 8.46. The van der Waals surface area contributed by atoms with Crippen molar-refractivity contribution in [3.63, 3.8) is 0 Å². The van der Waals surface area contributed by atoms with Gasteiger partial charge in [-0.2, -0.15) is 36.4 Å². The molecule has 0 spiro atoms. The van der Waals surface area contributed by atoms with Crippen LogP contribution in [0, 0.1) is 12.1 Å². The SMILES string of the molecule is [Pt+2].[c-]1ccccc1.[c-]1ccccc1-c1cc(-c2ccccc2)cc(-c2ccccn2)n1. The van der Waals surface area contributed by atoms with E-state index in [0.29, 0.717) is 0 Å². The Labute approximate surface area is 197 Å². The standard InChI is InChI=1S/C22H15N2.C6H5.Pt/c1-3-9-17(10-4-1)19-15-21(18-11-5-2-6-12-18)24-22(16-19)20-13-7-8-14-23-20;1-2-4-6-5-3-1;/h1-11,13-16H;1-5H;/q2*-1;+2. The molecule has 0 amide bonds. The summed E-state index contributed by atoms with van der Waals surface area (Å²) in [4.78, 5) is 9.25. The molecule has 0 fully saturated rings. The van der Waals surface area contributed by atoms with Gasteiger partial charge in [-0.3, -0.25) is 9.97 Å². The van der Waals surface area contributed by atoms with Crippen molar-refractivity contribution in [2.45, 2.75) is 0 Å². The van der Waals surface area contributed by atoms with E-state index < -0.39 is 0 Å². The third kappa shape index (κ3) is 6.31. The molecule has 0 saturated carbocycles. The smallest absolute Gasteiger partial charge is 0.295 e. The van der Waals surface area contributed by atoms with Gasteiger partial charge in [-0.25, -0.2) is 0 Å². The zero-order valence-corrected chi connectivity index (χ0v) is 19.0. The average Bonchev–Trinajstić information content (AvgIpc) is 2.87. The first-order chi connectivity index (χ1) is 14.9. The second-order valence-electron chi connectivity index (χ2n) is 6.56. The molecule has 152 valence electrons. The van der Waals surface area contributed by atoms with Gasteiger partial charge in [-0.05, 0) is 35.0 Å². The van der Waals surface area contributed by atoms with Gasteiger partial charge < -0.3 is 0 Å². The molecule has 0 aliphatic heterocycles. The zero-order chi connectivity index (χ0) is 20.4. The molecule has 0 aliphatic carbocycles. The van der Waals surface area contributed by atoms with Gasteiger partial charge in [0.25, 0.3) is 0 Å². The van der Waals surface area contributed by atoms with Gasteiger partial charge >= 0.3 is 21.1 Å². The van der Waals surface area contributed by atoms with Crippen LogP contribution in [0.5, 0.6) is 0 Å². The van der Waals surface area contributed by atoms with Gasteiger partial charge in [0, 0.05) is 6.20 Å². The second kappa shape index (κ2) is 11.7. The van der Waals surface area contributed by atoms with E-state index in [1.165, 1.54) is 0 Å². The van der Waals surface area contributed by atoms with Crippen molar-refractivity contribution in [2.24, 2.45) is 0 Å². The van der Waals surface area contributed by atoms with Gasteiger partial charge in [0.1, 0.15) is 0 Å². The summed E-state index contributed by atoms with van der Waals surface area (Å²) in [6.07, 6.45) is 1.79. The van der Waals surface area contributed by atoms with E-state index in [4.69, 9.17) is 4.98 Å². The summed E-state index contributed by atoms with van der Waals surface area (Å²) in [6, 6.07) is 44.1. The van der Waals surface area contributed by atoms with Crippen molar-refractivity contribution < 1.29 is 21.1 Å². The molecule has 0 bridgehead atoms. The van der Waals surface area contributed by atoms with Crippen molar-refractivity contribution in [1.82, 2.24) is 9.97 Å². The molecule has 5 rings (SSSR count). The molecule has 0 N–H and O–H groups in total. The topological polar surface area (TPSA) is 25.8 Å². The number of hydrogen-bond donors (Lipinski definition) is 0. The van der Waals surface area contributed by atoms with Crippen LogP contribution in [0.15, 0.2) is 121 Å². The normalized spacial score (nSPS) is 9.68. The van der Waals surface area contributed by atoms with Gasteiger partial charge in [0.15, 0.2) is 0 Å². The van der Waals surface area contributed by atoms with Crippen LogP contribution >= 0.6 is 0 Å².